The van der Waals surface area contributed by atoms with Crippen molar-refractivity contribution in [2.24, 2.45) is 0 Å². The van der Waals surface area contributed by atoms with Gasteiger partial charge < -0.3 is 14.5 Å². The third-order valence-corrected chi connectivity index (χ3v) is 6.43. The fraction of sp³-hybridized carbons (Fsp3) is 0.250. The van der Waals surface area contributed by atoms with Crippen LogP contribution in [0.15, 0.2) is 71.4 Å². The molecule has 4 nitrogen and oxygen atoms in total. The molecule has 1 fully saturated rings. The molecule has 1 aliphatic carbocycles. The Bertz CT molecular complexity index is 1330. The number of benzene rings is 3. The molecule has 1 saturated carbocycles. The van der Waals surface area contributed by atoms with Crippen LogP contribution in [0.4, 0.5) is 0 Å². The lowest BCUT2D eigenvalue weighted by molar-refractivity contribution is -0.117. The van der Waals surface area contributed by atoms with Crippen molar-refractivity contribution in [3.8, 4) is 16.9 Å². The Morgan fingerprint density at radius 2 is 1.84 bits per heavy atom. The van der Waals surface area contributed by atoms with Crippen LogP contribution in [0.1, 0.15) is 38.2 Å². The summed E-state index contributed by atoms with van der Waals surface area (Å²) in [6, 6.07) is 19.0. The van der Waals surface area contributed by atoms with Crippen LogP contribution in [-0.2, 0) is 4.79 Å². The Morgan fingerprint density at radius 3 is 2.62 bits per heavy atom. The summed E-state index contributed by atoms with van der Waals surface area (Å²) < 4.78 is 11.5. The van der Waals surface area contributed by atoms with E-state index in [2.05, 4.69) is 41.7 Å². The maximum Gasteiger partial charge on any atom is 0.244 e. The summed E-state index contributed by atoms with van der Waals surface area (Å²) in [5.74, 6) is 0.651. The van der Waals surface area contributed by atoms with Gasteiger partial charge in [0, 0.05) is 34.7 Å². The second-order valence-electron chi connectivity index (χ2n) is 8.58. The lowest BCUT2D eigenvalue weighted by Crippen LogP contribution is -2.31. The minimum atomic E-state index is -0.0431. The van der Waals surface area contributed by atoms with Gasteiger partial charge in [-0.25, -0.2) is 0 Å². The maximum absolute atomic E-state index is 12.6. The third kappa shape index (κ3) is 3.89. The second kappa shape index (κ2) is 8.54. The third-order valence-electron chi connectivity index (χ3n) is 6.43. The van der Waals surface area contributed by atoms with Gasteiger partial charge in [-0.3, -0.25) is 4.79 Å². The lowest BCUT2D eigenvalue weighted by Gasteiger charge is -2.12. The molecule has 3 aromatic carbocycles. The SMILES string of the molecule is COc1cc2occ(-c3ccc4ccccc4c3)c2cc1/C(C)=C/C(=O)NC1CCCC1. The van der Waals surface area contributed by atoms with E-state index in [-0.39, 0.29) is 5.91 Å². The van der Waals surface area contributed by atoms with Gasteiger partial charge in [0.1, 0.15) is 11.3 Å². The summed E-state index contributed by atoms with van der Waals surface area (Å²) in [4.78, 5) is 12.6. The minimum Gasteiger partial charge on any atom is -0.496 e. The number of furan rings is 1. The van der Waals surface area contributed by atoms with Gasteiger partial charge in [-0.1, -0.05) is 49.2 Å². The highest BCUT2D eigenvalue weighted by Crippen LogP contribution is 2.38. The van der Waals surface area contributed by atoms with Crippen LogP contribution < -0.4 is 10.1 Å². The summed E-state index contributed by atoms with van der Waals surface area (Å²) >= 11 is 0. The average Bonchev–Trinajstić information content (AvgIpc) is 3.47. The molecule has 1 amide bonds. The van der Waals surface area contributed by atoms with E-state index in [1.54, 1.807) is 19.4 Å². The number of ether oxygens (including phenoxy) is 1. The van der Waals surface area contributed by atoms with E-state index in [1.807, 2.05) is 25.1 Å². The fourth-order valence-corrected chi connectivity index (χ4v) is 4.70. The highest BCUT2D eigenvalue weighted by molar-refractivity contribution is 6.01. The lowest BCUT2D eigenvalue weighted by atomic mass is 9.97. The van der Waals surface area contributed by atoms with E-state index < -0.39 is 0 Å². The molecule has 4 heteroatoms. The Morgan fingerprint density at radius 1 is 1.06 bits per heavy atom. The van der Waals surface area contributed by atoms with Crippen LogP contribution in [0.2, 0.25) is 0 Å². The predicted octanol–water partition coefficient (Wildman–Crippen LogP) is 6.72. The Balaban J connectivity index is 1.54. The molecular formula is C28H27NO3. The first-order valence-corrected chi connectivity index (χ1v) is 11.2. The molecule has 0 atom stereocenters. The van der Waals surface area contributed by atoms with E-state index in [4.69, 9.17) is 9.15 Å². The zero-order chi connectivity index (χ0) is 22.1. The van der Waals surface area contributed by atoms with Gasteiger partial charge >= 0.3 is 0 Å². The molecule has 1 aliphatic rings. The van der Waals surface area contributed by atoms with Gasteiger partial charge in [-0.05, 0) is 53.8 Å². The van der Waals surface area contributed by atoms with E-state index in [9.17, 15) is 4.79 Å². The zero-order valence-corrected chi connectivity index (χ0v) is 18.5. The maximum atomic E-state index is 12.6. The first-order valence-electron chi connectivity index (χ1n) is 11.2. The molecule has 0 radical (unpaired) electrons. The molecule has 1 heterocycles. The first kappa shape index (κ1) is 20.4. The van der Waals surface area contributed by atoms with Crippen molar-refractivity contribution in [1.82, 2.24) is 5.32 Å². The van der Waals surface area contributed by atoms with Gasteiger partial charge in [-0.2, -0.15) is 0 Å². The van der Waals surface area contributed by atoms with E-state index in [0.717, 1.165) is 46.1 Å². The number of nitrogens with one attached hydrogen (secondary N) is 1. The van der Waals surface area contributed by atoms with E-state index in [0.29, 0.717) is 11.8 Å². The normalized spacial score (nSPS) is 14.9. The smallest absolute Gasteiger partial charge is 0.244 e. The number of carbonyl (C=O) groups excluding carboxylic acids is 1. The summed E-state index contributed by atoms with van der Waals surface area (Å²) in [6.07, 6.45) is 7.99. The van der Waals surface area contributed by atoms with Crippen LogP contribution in [0.25, 0.3) is 38.4 Å². The molecule has 0 saturated heterocycles. The van der Waals surface area contributed by atoms with Gasteiger partial charge in [0.2, 0.25) is 5.91 Å². The number of allylic oxidation sites excluding steroid dienone is 1. The molecule has 0 aliphatic heterocycles. The number of hydrogen-bond acceptors (Lipinski definition) is 3. The van der Waals surface area contributed by atoms with Crippen molar-refractivity contribution in [3.63, 3.8) is 0 Å². The largest absolute Gasteiger partial charge is 0.496 e. The Labute approximate surface area is 187 Å². The quantitative estimate of drug-likeness (QED) is 0.361. The van der Waals surface area contributed by atoms with Crippen LogP contribution in [0.5, 0.6) is 5.75 Å². The topological polar surface area (TPSA) is 51.5 Å². The number of amides is 1. The Hall–Kier alpha value is -3.53. The molecule has 32 heavy (non-hydrogen) atoms. The number of rotatable bonds is 5. The summed E-state index contributed by atoms with van der Waals surface area (Å²) in [7, 11) is 1.64. The number of fused-ring (bicyclic) bond motifs is 2. The molecule has 1 aromatic heterocycles. The molecular weight excluding hydrogens is 398 g/mol. The van der Waals surface area contributed by atoms with Crippen LogP contribution in [0.3, 0.4) is 0 Å². The minimum absolute atomic E-state index is 0.0431. The number of methoxy groups -OCH3 is 1. The van der Waals surface area contributed by atoms with Gasteiger partial charge in [0.15, 0.2) is 0 Å². The molecule has 1 N–H and O–H groups in total. The predicted molar refractivity (Wildman–Crippen MR) is 130 cm³/mol. The Kier molecular flexibility index (Phi) is 5.44. The van der Waals surface area contributed by atoms with Gasteiger partial charge in [-0.15, -0.1) is 0 Å². The highest BCUT2D eigenvalue weighted by Gasteiger charge is 2.18. The van der Waals surface area contributed by atoms with Crippen molar-refractivity contribution in [2.75, 3.05) is 7.11 Å². The van der Waals surface area contributed by atoms with E-state index >= 15 is 0 Å². The average molecular weight is 426 g/mol. The van der Waals surface area contributed by atoms with Crippen LogP contribution in [0, 0.1) is 0 Å². The molecule has 0 bridgehead atoms. The molecule has 0 spiro atoms. The van der Waals surface area contributed by atoms with Crippen molar-refractivity contribution in [1.29, 1.82) is 0 Å². The fourth-order valence-electron chi connectivity index (χ4n) is 4.70. The van der Waals surface area contributed by atoms with Crippen molar-refractivity contribution < 1.29 is 13.9 Å². The molecule has 4 aromatic rings. The zero-order valence-electron chi connectivity index (χ0n) is 18.5. The summed E-state index contributed by atoms with van der Waals surface area (Å²) in [6.45, 7) is 1.95. The van der Waals surface area contributed by atoms with Crippen molar-refractivity contribution in [2.45, 2.75) is 38.6 Å². The monoisotopic (exact) mass is 425 g/mol. The van der Waals surface area contributed by atoms with Crippen molar-refractivity contribution in [3.05, 3.63) is 72.5 Å². The van der Waals surface area contributed by atoms with Crippen molar-refractivity contribution >= 4 is 33.2 Å². The molecule has 0 unspecified atom stereocenters. The second-order valence-corrected chi connectivity index (χ2v) is 8.58. The van der Waals surface area contributed by atoms with Crippen LogP contribution in [-0.4, -0.2) is 19.1 Å². The van der Waals surface area contributed by atoms with Gasteiger partial charge in [0.05, 0.1) is 13.4 Å². The standard InChI is InChI=1S/C28H27NO3/c1-18(13-28(30)29-22-9-5-6-10-22)23-15-24-25(17-32-27(24)16-26(23)31-2)21-12-11-19-7-3-4-8-20(19)14-21/h3-4,7-8,11-17,22H,5-6,9-10H2,1-2H3,(H,29,30)/b18-13+. The van der Waals surface area contributed by atoms with Crippen LogP contribution >= 0.6 is 0 Å². The first-order chi connectivity index (χ1) is 15.6. The molecule has 162 valence electrons. The molecule has 5 rings (SSSR count). The summed E-state index contributed by atoms with van der Waals surface area (Å²) in [5.41, 5.74) is 4.64. The van der Waals surface area contributed by atoms with E-state index in [1.165, 1.54) is 23.6 Å². The summed E-state index contributed by atoms with van der Waals surface area (Å²) in [5, 5.41) is 6.52. The number of hydrogen-bond donors (Lipinski definition) is 1. The highest BCUT2D eigenvalue weighted by atomic mass is 16.5. The number of carbonyl (C=O) groups is 1. The van der Waals surface area contributed by atoms with Gasteiger partial charge in [0.25, 0.3) is 0 Å².